The maximum atomic E-state index is 13.1. The van der Waals surface area contributed by atoms with Crippen LogP contribution in [0.5, 0.6) is 0 Å². The Morgan fingerprint density at radius 1 is 1.17 bits per heavy atom. The first-order valence-electron chi connectivity index (χ1n) is 8.18. The molecule has 1 heterocycles. The van der Waals surface area contributed by atoms with E-state index in [2.05, 4.69) is 36.4 Å². The molecule has 24 heavy (non-hydrogen) atoms. The number of anilines is 1. The van der Waals surface area contributed by atoms with Gasteiger partial charge in [-0.05, 0) is 44.3 Å². The molecule has 0 bridgehead atoms. The summed E-state index contributed by atoms with van der Waals surface area (Å²) >= 11 is 1.67. The van der Waals surface area contributed by atoms with Gasteiger partial charge < -0.3 is 16.0 Å². The normalized spacial score (nSPS) is 11.5. The van der Waals surface area contributed by atoms with Gasteiger partial charge in [-0.25, -0.2) is 0 Å². The molecule has 3 rings (SSSR count). The Morgan fingerprint density at radius 2 is 1.96 bits per heavy atom. The molecule has 0 fully saturated rings. The van der Waals surface area contributed by atoms with Crippen molar-refractivity contribution in [2.45, 2.75) is 6.42 Å². The molecule has 4 nitrogen and oxygen atoms in total. The smallest absolute Gasteiger partial charge is 0.196 e. The summed E-state index contributed by atoms with van der Waals surface area (Å²) in [5, 5.41) is 5.01. The van der Waals surface area contributed by atoms with Gasteiger partial charge in [0.15, 0.2) is 5.43 Å². The molecule has 2 aromatic carbocycles. The van der Waals surface area contributed by atoms with E-state index in [0.29, 0.717) is 13.1 Å². The highest BCUT2D eigenvalue weighted by Crippen LogP contribution is 2.32. The van der Waals surface area contributed by atoms with Crippen LogP contribution in [0.2, 0.25) is 0 Å². The summed E-state index contributed by atoms with van der Waals surface area (Å²) in [6.45, 7) is 2.17. The van der Waals surface area contributed by atoms with Crippen LogP contribution in [0.3, 0.4) is 0 Å². The van der Waals surface area contributed by atoms with Crippen LogP contribution in [0.15, 0.2) is 41.2 Å². The van der Waals surface area contributed by atoms with Crippen molar-refractivity contribution in [3.05, 3.63) is 52.2 Å². The first kappa shape index (κ1) is 16.9. The molecule has 3 aromatic rings. The average molecular weight is 341 g/mol. The molecule has 126 valence electrons. The average Bonchev–Trinajstić information content (AvgIpc) is 2.58. The van der Waals surface area contributed by atoms with Crippen molar-refractivity contribution >= 4 is 37.2 Å². The lowest BCUT2D eigenvalue weighted by Gasteiger charge is -2.14. The van der Waals surface area contributed by atoms with Crippen molar-refractivity contribution in [3.63, 3.8) is 0 Å². The third-order valence-electron chi connectivity index (χ3n) is 4.10. The van der Waals surface area contributed by atoms with Crippen LogP contribution in [0.1, 0.15) is 5.56 Å². The van der Waals surface area contributed by atoms with E-state index in [1.165, 1.54) is 0 Å². The molecular weight excluding hydrogens is 318 g/mol. The van der Waals surface area contributed by atoms with Gasteiger partial charge in [-0.2, -0.15) is 0 Å². The zero-order valence-electron chi connectivity index (χ0n) is 14.1. The Morgan fingerprint density at radius 3 is 2.71 bits per heavy atom. The topological polar surface area (TPSA) is 58.4 Å². The van der Waals surface area contributed by atoms with E-state index in [-0.39, 0.29) is 5.43 Å². The summed E-state index contributed by atoms with van der Waals surface area (Å²) in [6.07, 6.45) is 0.862. The summed E-state index contributed by atoms with van der Waals surface area (Å²) in [4.78, 5) is 15.3. The Balaban J connectivity index is 2.26. The third-order valence-corrected chi connectivity index (χ3v) is 5.31. The van der Waals surface area contributed by atoms with E-state index in [4.69, 9.17) is 5.73 Å². The lowest BCUT2D eigenvalue weighted by Crippen LogP contribution is -2.17. The molecule has 0 aliphatic rings. The van der Waals surface area contributed by atoms with Gasteiger partial charge in [0, 0.05) is 35.1 Å². The number of nitrogens with one attached hydrogen (secondary N) is 1. The Labute approximate surface area is 145 Å². The molecule has 0 unspecified atom stereocenters. The van der Waals surface area contributed by atoms with Crippen LogP contribution in [0.25, 0.3) is 20.2 Å². The lowest BCUT2D eigenvalue weighted by atomic mass is 10.0. The van der Waals surface area contributed by atoms with Crippen LogP contribution < -0.4 is 16.5 Å². The number of rotatable bonds is 6. The fourth-order valence-corrected chi connectivity index (χ4v) is 4.08. The molecule has 0 amide bonds. The van der Waals surface area contributed by atoms with Gasteiger partial charge in [0.2, 0.25) is 0 Å². The van der Waals surface area contributed by atoms with Crippen LogP contribution in [0, 0.1) is 0 Å². The quantitative estimate of drug-likeness (QED) is 0.677. The number of nitrogens with zero attached hydrogens (tertiary/aromatic N) is 1. The summed E-state index contributed by atoms with van der Waals surface area (Å²) < 4.78 is 2.05. The number of nitrogens with two attached hydrogens (primary N) is 1. The van der Waals surface area contributed by atoms with E-state index in [1.54, 1.807) is 11.3 Å². The van der Waals surface area contributed by atoms with Gasteiger partial charge in [-0.15, -0.1) is 11.3 Å². The number of hydrogen-bond donors (Lipinski definition) is 2. The number of hydrogen-bond acceptors (Lipinski definition) is 5. The van der Waals surface area contributed by atoms with Gasteiger partial charge in [0.1, 0.15) is 0 Å². The molecule has 0 atom stereocenters. The molecule has 5 heteroatoms. The predicted octanol–water partition coefficient (Wildman–Crippen LogP) is 2.89. The van der Waals surface area contributed by atoms with Gasteiger partial charge >= 0.3 is 0 Å². The maximum Gasteiger partial charge on any atom is 0.196 e. The molecule has 3 N–H and O–H groups in total. The van der Waals surface area contributed by atoms with Crippen molar-refractivity contribution < 1.29 is 0 Å². The molecule has 0 spiro atoms. The fourth-order valence-electron chi connectivity index (χ4n) is 2.86. The predicted molar refractivity (Wildman–Crippen MR) is 105 cm³/mol. The van der Waals surface area contributed by atoms with E-state index < -0.39 is 0 Å². The van der Waals surface area contributed by atoms with Crippen LogP contribution >= 0.6 is 11.3 Å². The van der Waals surface area contributed by atoms with E-state index in [1.807, 2.05) is 24.3 Å². The lowest BCUT2D eigenvalue weighted by molar-refractivity contribution is 0.414. The van der Waals surface area contributed by atoms with Crippen molar-refractivity contribution in [2.24, 2.45) is 5.73 Å². The monoisotopic (exact) mass is 341 g/mol. The van der Waals surface area contributed by atoms with Gasteiger partial charge in [-0.3, -0.25) is 4.79 Å². The molecule has 0 aliphatic heterocycles. The van der Waals surface area contributed by atoms with Gasteiger partial charge in [0.05, 0.1) is 10.4 Å². The second-order valence-corrected chi connectivity index (χ2v) is 7.22. The number of benzene rings is 2. The van der Waals surface area contributed by atoms with Crippen molar-refractivity contribution in [2.75, 3.05) is 39.0 Å². The summed E-state index contributed by atoms with van der Waals surface area (Å²) in [5.74, 6) is 0. The molecule has 0 aliphatic carbocycles. The number of likely N-dealkylation sites (N-methyl/N-ethyl adjacent to an activating group) is 1. The van der Waals surface area contributed by atoms with E-state index >= 15 is 0 Å². The first-order chi connectivity index (χ1) is 11.6. The first-order valence-corrected chi connectivity index (χ1v) is 8.99. The van der Waals surface area contributed by atoms with Gasteiger partial charge in [-0.1, -0.05) is 18.2 Å². The SMILES string of the molecule is CN(C)CCc1ccc(NCCN)c2sc3ccccc3c(=O)c12. The molecule has 0 saturated carbocycles. The minimum atomic E-state index is 0.129. The Hall–Kier alpha value is -1.95. The highest BCUT2D eigenvalue weighted by Gasteiger charge is 2.13. The zero-order valence-corrected chi connectivity index (χ0v) is 15.0. The summed E-state index contributed by atoms with van der Waals surface area (Å²) in [6, 6.07) is 12.0. The Kier molecular flexibility index (Phi) is 5.14. The van der Waals surface area contributed by atoms with Crippen molar-refractivity contribution in [1.82, 2.24) is 4.90 Å². The molecule has 0 saturated heterocycles. The van der Waals surface area contributed by atoms with E-state index in [9.17, 15) is 4.79 Å². The molecule has 0 radical (unpaired) electrons. The minimum Gasteiger partial charge on any atom is -0.383 e. The largest absolute Gasteiger partial charge is 0.383 e. The third kappa shape index (κ3) is 3.29. The Bertz CT molecular complexity index is 918. The van der Waals surface area contributed by atoms with Crippen molar-refractivity contribution in [3.8, 4) is 0 Å². The summed E-state index contributed by atoms with van der Waals surface area (Å²) in [5.41, 5.74) is 7.87. The maximum absolute atomic E-state index is 13.1. The second-order valence-electron chi connectivity index (χ2n) is 6.17. The molecular formula is C19H23N3OS. The zero-order chi connectivity index (χ0) is 17.1. The van der Waals surface area contributed by atoms with E-state index in [0.717, 1.165) is 44.4 Å². The standard InChI is InChI=1S/C19H23N3OS/c1-22(2)12-9-13-7-8-15(21-11-10-20)19-17(13)18(23)14-5-3-4-6-16(14)24-19/h3-8,21H,9-12,20H2,1-2H3. The highest BCUT2D eigenvalue weighted by molar-refractivity contribution is 7.25. The summed E-state index contributed by atoms with van der Waals surface area (Å²) in [7, 11) is 4.10. The van der Waals surface area contributed by atoms with Gasteiger partial charge in [0.25, 0.3) is 0 Å². The minimum absolute atomic E-state index is 0.129. The second kappa shape index (κ2) is 7.30. The van der Waals surface area contributed by atoms with Crippen molar-refractivity contribution in [1.29, 1.82) is 0 Å². The fraction of sp³-hybridized carbons (Fsp3) is 0.316. The highest BCUT2D eigenvalue weighted by atomic mass is 32.1. The number of fused-ring (bicyclic) bond motifs is 2. The van der Waals surface area contributed by atoms with Crippen LogP contribution in [-0.2, 0) is 6.42 Å². The van der Waals surface area contributed by atoms with Crippen LogP contribution in [0.4, 0.5) is 5.69 Å². The molecule has 1 aromatic heterocycles. The van der Waals surface area contributed by atoms with Crippen LogP contribution in [-0.4, -0.2) is 38.6 Å².